The Morgan fingerprint density at radius 3 is 2.57 bits per heavy atom. The predicted molar refractivity (Wildman–Crippen MR) is 89.9 cm³/mol. The second-order valence-electron chi connectivity index (χ2n) is 9.60. The molecule has 0 spiro atoms. The van der Waals surface area contributed by atoms with E-state index >= 15 is 0 Å². The van der Waals surface area contributed by atoms with Gasteiger partial charge < -0.3 is 14.9 Å². The second kappa shape index (κ2) is 4.62. The topological polar surface area (TPSA) is 49.7 Å². The van der Waals surface area contributed by atoms with Crippen LogP contribution in [0.2, 0.25) is 0 Å². The standard InChI is InChI=1S/C20H32O3/c1-5-20(22,12-21)16-10-15-17(2)8-6-13-11-18(13,3)14(17)7-9-19(15,4)23-16/h5,13-16,21-22H,1,6-12H2,2-4H3/t13?,14-,15-,16-,17+,18-,19-,20-/m1/s1. The Morgan fingerprint density at radius 1 is 1.17 bits per heavy atom. The van der Waals surface area contributed by atoms with Gasteiger partial charge in [0.1, 0.15) is 5.60 Å². The van der Waals surface area contributed by atoms with Gasteiger partial charge in [-0.25, -0.2) is 0 Å². The third-order valence-electron chi connectivity index (χ3n) is 8.57. The Kier molecular flexibility index (Phi) is 3.23. The summed E-state index contributed by atoms with van der Waals surface area (Å²) in [4.78, 5) is 0. The van der Waals surface area contributed by atoms with Crippen molar-refractivity contribution in [3.63, 3.8) is 0 Å². The van der Waals surface area contributed by atoms with Gasteiger partial charge in [-0.15, -0.1) is 6.58 Å². The summed E-state index contributed by atoms with van der Waals surface area (Å²) in [5.41, 5.74) is -0.619. The first-order chi connectivity index (χ1) is 10.7. The Balaban J connectivity index is 1.67. The van der Waals surface area contributed by atoms with Crippen molar-refractivity contribution in [2.24, 2.45) is 28.6 Å². The molecule has 1 aliphatic heterocycles. The molecule has 3 nitrogen and oxygen atoms in total. The number of hydrogen-bond acceptors (Lipinski definition) is 3. The van der Waals surface area contributed by atoms with Crippen LogP contribution in [0.3, 0.4) is 0 Å². The van der Waals surface area contributed by atoms with Gasteiger partial charge in [-0.3, -0.25) is 0 Å². The van der Waals surface area contributed by atoms with Crippen LogP contribution in [0.5, 0.6) is 0 Å². The van der Waals surface area contributed by atoms with E-state index in [9.17, 15) is 10.2 Å². The van der Waals surface area contributed by atoms with E-state index in [1.807, 2.05) is 0 Å². The van der Waals surface area contributed by atoms with Crippen molar-refractivity contribution in [1.82, 2.24) is 0 Å². The third kappa shape index (κ3) is 1.93. The predicted octanol–water partition coefficient (Wildman–Crippen LogP) is 3.30. The molecule has 0 aromatic rings. The molecule has 4 fully saturated rings. The molecule has 0 aromatic heterocycles. The maximum Gasteiger partial charge on any atom is 0.131 e. The van der Waals surface area contributed by atoms with E-state index in [1.165, 1.54) is 31.8 Å². The van der Waals surface area contributed by atoms with Gasteiger partial charge in [0, 0.05) is 0 Å². The molecule has 3 heteroatoms. The van der Waals surface area contributed by atoms with E-state index in [0.717, 1.165) is 24.7 Å². The van der Waals surface area contributed by atoms with E-state index in [4.69, 9.17) is 4.74 Å². The summed E-state index contributed by atoms with van der Waals surface area (Å²) in [6, 6.07) is 0. The number of hydrogen-bond donors (Lipinski definition) is 2. The molecular weight excluding hydrogens is 288 g/mol. The zero-order chi connectivity index (χ0) is 16.7. The number of aliphatic hydroxyl groups excluding tert-OH is 1. The number of ether oxygens (including phenoxy) is 1. The highest BCUT2D eigenvalue weighted by Crippen LogP contribution is 2.75. The smallest absolute Gasteiger partial charge is 0.131 e. The quantitative estimate of drug-likeness (QED) is 0.785. The Morgan fingerprint density at radius 2 is 1.91 bits per heavy atom. The van der Waals surface area contributed by atoms with E-state index in [-0.39, 0.29) is 18.3 Å². The van der Waals surface area contributed by atoms with Crippen molar-refractivity contribution in [2.45, 2.75) is 76.6 Å². The molecule has 4 rings (SSSR count). The summed E-state index contributed by atoms with van der Waals surface area (Å²) in [7, 11) is 0. The fourth-order valence-electron chi connectivity index (χ4n) is 6.97. The summed E-state index contributed by atoms with van der Waals surface area (Å²) in [5.74, 6) is 2.21. The zero-order valence-corrected chi connectivity index (χ0v) is 14.8. The first kappa shape index (κ1) is 16.1. The normalized spacial score (nSPS) is 56.9. The zero-order valence-electron chi connectivity index (χ0n) is 14.8. The highest BCUT2D eigenvalue weighted by molar-refractivity contribution is 5.19. The molecule has 0 aromatic carbocycles. The van der Waals surface area contributed by atoms with Gasteiger partial charge in [-0.1, -0.05) is 19.9 Å². The van der Waals surface area contributed by atoms with Gasteiger partial charge >= 0.3 is 0 Å². The van der Waals surface area contributed by atoms with E-state index in [2.05, 4.69) is 27.4 Å². The SMILES string of the molecule is C=C[C@@](O)(CO)[C@H]1C[C@@H]2[C@@]3(C)CCC4C[C@@]4(C)[C@@H]3CC[C@@]2(C)O1. The van der Waals surface area contributed by atoms with Crippen LogP contribution < -0.4 is 0 Å². The first-order valence-corrected chi connectivity index (χ1v) is 9.36. The van der Waals surface area contributed by atoms with Crippen LogP contribution in [0.1, 0.15) is 59.3 Å². The lowest BCUT2D eigenvalue weighted by Gasteiger charge is -2.57. The molecule has 4 aliphatic rings. The Hall–Kier alpha value is -0.380. The number of fused-ring (bicyclic) bond motifs is 5. The minimum atomic E-state index is -1.31. The molecule has 3 saturated carbocycles. The van der Waals surface area contributed by atoms with E-state index in [0.29, 0.717) is 16.7 Å². The molecular formula is C20H32O3. The van der Waals surface area contributed by atoms with Crippen LogP contribution >= 0.6 is 0 Å². The van der Waals surface area contributed by atoms with Gasteiger partial charge in [-0.2, -0.15) is 0 Å². The minimum Gasteiger partial charge on any atom is -0.393 e. The maximum absolute atomic E-state index is 10.7. The number of rotatable bonds is 3. The van der Waals surface area contributed by atoms with Crippen LogP contribution in [0.4, 0.5) is 0 Å². The second-order valence-corrected chi connectivity index (χ2v) is 9.60. The van der Waals surface area contributed by atoms with Gasteiger partial charge in [0.15, 0.2) is 0 Å². The molecule has 8 atom stereocenters. The van der Waals surface area contributed by atoms with Gasteiger partial charge in [0.2, 0.25) is 0 Å². The van der Waals surface area contributed by atoms with Crippen molar-refractivity contribution in [3.05, 3.63) is 12.7 Å². The van der Waals surface area contributed by atoms with Crippen LogP contribution in [-0.2, 0) is 4.74 Å². The third-order valence-corrected chi connectivity index (χ3v) is 8.57. The largest absolute Gasteiger partial charge is 0.393 e. The summed E-state index contributed by atoms with van der Waals surface area (Å²) in [5, 5.41) is 20.3. The molecule has 2 N–H and O–H groups in total. The van der Waals surface area contributed by atoms with Crippen molar-refractivity contribution in [2.75, 3.05) is 6.61 Å². The molecule has 0 amide bonds. The average Bonchev–Trinajstić information content (AvgIpc) is 3.05. The summed E-state index contributed by atoms with van der Waals surface area (Å²) < 4.78 is 6.41. The number of aliphatic hydroxyl groups is 2. The fraction of sp³-hybridized carbons (Fsp3) is 0.900. The van der Waals surface area contributed by atoms with Crippen LogP contribution in [0, 0.1) is 28.6 Å². The van der Waals surface area contributed by atoms with E-state index < -0.39 is 5.60 Å². The molecule has 130 valence electrons. The first-order valence-electron chi connectivity index (χ1n) is 9.36. The molecule has 1 unspecified atom stereocenters. The minimum absolute atomic E-state index is 0.167. The maximum atomic E-state index is 10.7. The molecule has 23 heavy (non-hydrogen) atoms. The van der Waals surface area contributed by atoms with Gasteiger partial charge in [0.25, 0.3) is 0 Å². The molecule has 0 bridgehead atoms. The molecule has 3 aliphatic carbocycles. The molecule has 0 radical (unpaired) electrons. The fourth-order valence-corrected chi connectivity index (χ4v) is 6.97. The molecule has 1 saturated heterocycles. The van der Waals surface area contributed by atoms with Gasteiger partial charge in [-0.05, 0) is 74.0 Å². The monoisotopic (exact) mass is 320 g/mol. The van der Waals surface area contributed by atoms with E-state index in [1.54, 1.807) is 0 Å². The lowest BCUT2D eigenvalue weighted by molar-refractivity contribution is -0.166. The van der Waals surface area contributed by atoms with Crippen LogP contribution in [-0.4, -0.2) is 34.1 Å². The Bertz CT molecular complexity index is 533. The lowest BCUT2D eigenvalue weighted by atomic mass is 9.48. The highest BCUT2D eigenvalue weighted by atomic mass is 16.5. The van der Waals surface area contributed by atoms with Crippen molar-refractivity contribution >= 4 is 0 Å². The summed E-state index contributed by atoms with van der Waals surface area (Å²) in [6.45, 7) is 10.6. The van der Waals surface area contributed by atoms with Crippen LogP contribution in [0.25, 0.3) is 0 Å². The van der Waals surface area contributed by atoms with Crippen molar-refractivity contribution in [1.29, 1.82) is 0 Å². The average molecular weight is 320 g/mol. The van der Waals surface area contributed by atoms with Crippen molar-refractivity contribution < 1.29 is 14.9 Å². The Labute approximate surface area is 140 Å². The lowest BCUT2D eigenvalue weighted by Crippen LogP contribution is -2.54. The summed E-state index contributed by atoms with van der Waals surface area (Å²) >= 11 is 0. The summed E-state index contributed by atoms with van der Waals surface area (Å²) in [6.07, 6.45) is 8.36. The van der Waals surface area contributed by atoms with Gasteiger partial charge in [0.05, 0.1) is 18.3 Å². The highest BCUT2D eigenvalue weighted by Gasteiger charge is 2.70. The van der Waals surface area contributed by atoms with Crippen molar-refractivity contribution in [3.8, 4) is 0 Å². The molecule has 1 heterocycles. The van der Waals surface area contributed by atoms with Crippen LogP contribution in [0.15, 0.2) is 12.7 Å².